The third-order valence-electron chi connectivity index (χ3n) is 7.12. The Kier molecular flexibility index (Phi) is 5.59. The third-order valence-corrected chi connectivity index (χ3v) is 7.39. The average Bonchev–Trinajstić information content (AvgIpc) is 2.95. The van der Waals surface area contributed by atoms with Crippen molar-refractivity contribution >= 4 is 34.5 Å². The van der Waals surface area contributed by atoms with Gasteiger partial charge in [-0.2, -0.15) is 0 Å². The minimum Gasteiger partial charge on any atom is -0.508 e. The van der Waals surface area contributed by atoms with Crippen molar-refractivity contribution in [1.82, 2.24) is 0 Å². The minimum atomic E-state index is -0.318. The normalized spacial score (nSPS) is 23.9. The quantitative estimate of drug-likeness (QED) is 0.522. The Morgan fingerprint density at radius 1 is 1.06 bits per heavy atom. The van der Waals surface area contributed by atoms with E-state index in [1.165, 1.54) is 11.1 Å². The van der Waals surface area contributed by atoms with Crippen molar-refractivity contribution in [3.05, 3.63) is 53.6 Å². The van der Waals surface area contributed by atoms with E-state index in [-0.39, 0.29) is 16.7 Å². The highest BCUT2D eigenvalue weighted by atomic mass is 32.1. The summed E-state index contributed by atoms with van der Waals surface area (Å²) in [6.45, 7) is 11.3. The molecule has 0 radical (unpaired) electrons. The van der Waals surface area contributed by atoms with E-state index < -0.39 is 0 Å². The molecule has 0 atom stereocenters. The van der Waals surface area contributed by atoms with E-state index >= 15 is 0 Å². The maximum Gasteiger partial charge on any atom is 0.202 e. The second-order valence-electron chi connectivity index (χ2n) is 10.2. The number of nitrogens with zero attached hydrogens (tertiary/aromatic N) is 2. The summed E-state index contributed by atoms with van der Waals surface area (Å²) in [4.78, 5) is 7.08. The number of aromatic hydroxyl groups is 1. The van der Waals surface area contributed by atoms with E-state index in [2.05, 4.69) is 63.0 Å². The molecule has 5 heteroatoms. The number of hydrogen-bond donors (Lipinski definition) is 2. The number of thiocarbonyl (C=S) groups is 1. The lowest BCUT2D eigenvalue weighted by Crippen LogP contribution is -2.56. The Morgan fingerprint density at radius 3 is 2.26 bits per heavy atom. The molecule has 2 aromatic rings. The minimum absolute atomic E-state index is 0.245. The number of phenolic OH excluding ortho intramolecular Hbond substituents is 1. The zero-order chi connectivity index (χ0) is 22.4. The first-order chi connectivity index (χ1) is 14.6. The summed E-state index contributed by atoms with van der Waals surface area (Å²) in [6.07, 6.45) is 4.19. The van der Waals surface area contributed by atoms with Gasteiger partial charge in [0.1, 0.15) is 17.1 Å². The van der Waals surface area contributed by atoms with Crippen LogP contribution in [0.25, 0.3) is 0 Å². The van der Waals surface area contributed by atoms with Crippen molar-refractivity contribution in [2.45, 2.75) is 65.8 Å². The SMILES string of the molecule is Cc1cccc(C)c1NC1=NC(=S)N(c2cccc(O)c2)C12CCC(C(C)(C)C)CC2. The Labute approximate surface area is 191 Å². The molecule has 0 bridgehead atoms. The fourth-order valence-corrected chi connectivity index (χ4v) is 5.60. The Bertz CT molecular complexity index is 1010. The molecule has 1 heterocycles. The van der Waals surface area contributed by atoms with Crippen LogP contribution >= 0.6 is 12.2 Å². The van der Waals surface area contributed by atoms with Crippen LogP contribution in [-0.2, 0) is 0 Å². The molecule has 4 rings (SSSR count). The van der Waals surface area contributed by atoms with E-state index in [4.69, 9.17) is 17.2 Å². The lowest BCUT2D eigenvalue weighted by molar-refractivity contribution is 0.158. The molecule has 1 fully saturated rings. The van der Waals surface area contributed by atoms with Crippen molar-refractivity contribution in [2.24, 2.45) is 16.3 Å². The first kappa shape index (κ1) is 21.8. The summed E-state index contributed by atoms with van der Waals surface area (Å²) in [7, 11) is 0. The number of nitrogens with one attached hydrogen (secondary N) is 1. The van der Waals surface area contributed by atoms with Crippen LogP contribution < -0.4 is 10.2 Å². The molecule has 1 aliphatic carbocycles. The van der Waals surface area contributed by atoms with Gasteiger partial charge >= 0.3 is 0 Å². The van der Waals surface area contributed by atoms with Gasteiger partial charge in [0.2, 0.25) is 5.11 Å². The molecule has 1 saturated carbocycles. The van der Waals surface area contributed by atoms with Crippen LogP contribution in [0.2, 0.25) is 0 Å². The van der Waals surface area contributed by atoms with Gasteiger partial charge in [0, 0.05) is 17.4 Å². The summed E-state index contributed by atoms with van der Waals surface area (Å²) in [6, 6.07) is 13.7. The highest BCUT2D eigenvalue weighted by Gasteiger charge is 2.51. The molecule has 4 nitrogen and oxygen atoms in total. The Morgan fingerprint density at radius 2 is 1.68 bits per heavy atom. The molecule has 2 aliphatic rings. The molecule has 0 unspecified atom stereocenters. The monoisotopic (exact) mass is 435 g/mol. The zero-order valence-corrected chi connectivity index (χ0v) is 20.0. The van der Waals surface area contributed by atoms with E-state index in [1.54, 1.807) is 12.1 Å². The fraction of sp³-hybridized carbons (Fsp3) is 0.462. The predicted octanol–water partition coefficient (Wildman–Crippen LogP) is 6.60. The highest BCUT2D eigenvalue weighted by molar-refractivity contribution is 7.80. The summed E-state index contributed by atoms with van der Waals surface area (Å²) < 4.78 is 0. The maximum atomic E-state index is 10.1. The topological polar surface area (TPSA) is 47.9 Å². The zero-order valence-electron chi connectivity index (χ0n) is 19.2. The van der Waals surface area contributed by atoms with E-state index in [0.29, 0.717) is 11.0 Å². The third kappa shape index (κ3) is 3.96. The van der Waals surface area contributed by atoms with Crippen LogP contribution in [0.15, 0.2) is 47.5 Å². The van der Waals surface area contributed by atoms with Crippen LogP contribution in [-0.4, -0.2) is 21.6 Å². The number of para-hydroxylation sites is 1. The van der Waals surface area contributed by atoms with Gasteiger partial charge in [0.25, 0.3) is 0 Å². The molecule has 164 valence electrons. The predicted molar refractivity (Wildman–Crippen MR) is 134 cm³/mol. The van der Waals surface area contributed by atoms with Crippen molar-refractivity contribution < 1.29 is 5.11 Å². The number of aryl methyl sites for hydroxylation is 2. The summed E-state index contributed by atoms with van der Waals surface area (Å²) >= 11 is 5.80. The van der Waals surface area contributed by atoms with Gasteiger partial charge in [0.15, 0.2) is 0 Å². The highest BCUT2D eigenvalue weighted by Crippen LogP contribution is 2.48. The molecule has 2 aromatic carbocycles. The molecule has 0 amide bonds. The molecule has 1 aliphatic heterocycles. The second kappa shape index (κ2) is 7.94. The first-order valence-electron chi connectivity index (χ1n) is 11.2. The van der Waals surface area contributed by atoms with Crippen LogP contribution in [0.1, 0.15) is 57.6 Å². The first-order valence-corrected chi connectivity index (χ1v) is 11.6. The largest absolute Gasteiger partial charge is 0.508 e. The van der Waals surface area contributed by atoms with Gasteiger partial charge in [0.05, 0.1) is 0 Å². The lowest BCUT2D eigenvalue weighted by atomic mass is 9.66. The lowest BCUT2D eigenvalue weighted by Gasteiger charge is -2.47. The van der Waals surface area contributed by atoms with Gasteiger partial charge in [-0.05, 0) is 86.3 Å². The number of benzene rings is 2. The van der Waals surface area contributed by atoms with Gasteiger partial charge in [-0.3, -0.25) is 0 Å². The van der Waals surface area contributed by atoms with Crippen LogP contribution in [0, 0.1) is 25.2 Å². The summed E-state index contributed by atoms with van der Waals surface area (Å²) in [5.74, 6) is 1.85. The van der Waals surface area contributed by atoms with E-state index in [1.807, 2.05) is 12.1 Å². The number of anilines is 2. The number of rotatable bonds is 2. The Hall–Kier alpha value is -2.40. The maximum absolute atomic E-state index is 10.1. The van der Waals surface area contributed by atoms with Crippen molar-refractivity contribution in [2.75, 3.05) is 10.2 Å². The summed E-state index contributed by atoms with van der Waals surface area (Å²) in [5, 5.41) is 14.4. The van der Waals surface area contributed by atoms with E-state index in [9.17, 15) is 5.11 Å². The van der Waals surface area contributed by atoms with Crippen LogP contribution in [0.5, 0.6) is 5.75 Å². The molecule has 0 saturated heterocycles. The second-order valence-corrected chi connectivity index (χ2v) is 10.5. The number of hydrogen-bond acceptors (Lipinski definition) is 3. The summed E-state index contributed by atoms with van der Waals surface area (Å²) in [5.41, 5.74) is 4.38. The van der Waals surface area contributed by atoms with Crippen LogP contribution in [0.4, 0.5) is 11.4 Å². The molecule has 0 aromatic heterocycles. The number of amidine groups is 1. The fourth-order valence-electron chi connectivity index (χ4n) is 5.22. The Balaban J connectivity index is 1.75. The number of aliphatic imine (C=N–C) groups is 1. The number of phenols is 1. The molecular weight excluding hydrogens is 402 g/mol. The van der Waals surface area contributed by atoms with Gasteiger partial charge in [-0.25, -0.2) is 4.99 Å². The smallest absolute Gasteiger partial charge is 0.202 e. The van der Waals surface area contributed by atoms with Crippen LogP contribution in [0.3, 0.4) is 0 Å². The van der Waals surface area contributed by atoms with Gasteiger partial charge < -0.3 is 15.3 Å². The molecular formula is C26H33N3OS. The van der Waals surface area contributed by atoms with Crippen molar-refractivity contribution in [3.8, 4) is 5.75 Å². The standard InChI is InChI=1S/C26H33N3OS/c1-17-8-6-9-18(2)22(17)27-23-26(14-12-19(13-15-26)25(3,4)5)29(24(31)28-23)20-10-7-11-21(30)16-20/h6-11,16,19,30H,12-15H2,1-5H3,(H,27,28,31). The molecule has 2 N–H and O–H groups in total. The average molecular weight is 436 g/mol. The molecule has 1 spiro atoms. The van der Waals surface area contributed by atoms with Crippen molar-refractivity contribution in [1.29, 1.82) is 0 Å². The van der Waals surface area contributed by atoms with E-state index in [0.717, 1.165) is 42.9 Å². The molecule has 31 heavy (non-hydrogen) atoms. The van der Waals surface area contributed by atoms with Gasteiger partial charge in [-0.15, -0.1) is 0 Å². The van der Waals surface area contributed by atoms with Gasteiger partial charge in [-0.1, -0.05) is 45.0 Å². The van der Waals surface area contributed by atoms with Crippen molar-refractivity contribution in [3.63, 3.8) is 0 Å².